The smallest absolute Gasteiger partial charge is 0.339 e. The van der Waals surface area contributed by atoms with E-state index in [1.54, 1.807) is 61.6 Å². The van der Waals surface area contributed by atoms with Crippen molar-refractivity contribution in [2.75, 3.05) is 11.9 Å². The van der Waals surface area contributed by atoms with Crippen molar-refractivity contribution < 1.29 is 14.3 Å². The number of nitrogens with one attached hydrogen (secondary N) is 1. The van der Waals surface area contributed by atoms with Crippen LogP contribution in [0, 0.1) is 18.3 Å². The van der Waals surface area contributed by atoms with Crippen molar-refractivity contribution in [1.82, 2.24) is 9.78 Å². The molecule has 0 spiro atoms. The van der Waals surface area contributed by atoms with Gasteiger partial charge in [-0.25, -0.2) is 4.79 Å². The van der Waals surface area contributed by atoms with E-state index >= 15 is 0 Å². The number of carbonyl (C=O) groups excluding carboxylic acids is 2. The van der Waals surface area contributed by atoms with Crippen molar-refractivity contribution in [3.8, 4) is 17.2 Å². The molecule has 3 rings (SSSR count). The number of hydrogen-bond acceptors (Lipinski definition) is 5. The zero-order valence-corrected chi connectivity index (χ0v) is 15.5. The van der Waals surface area contributed by atoms with E-state index < -0.39 is 18.5 Å². The largest absolute Gasteiger partial charge is 0.452 e. The van der Waals surface area contributed by atoms with Crippen LogP contribution in [-0.4, -0.2) is 28.3 Å². The zero-order chi connectivity index (χ0) is 20.1. The van der Waals surface area contributed by atoms with Crippen LogP contribution in [0.1, 0.15) is 21.6 Å². The first kappa shape index (κ1) is 18.9. The van der Waals surface area contributed by atoms with Crippen LogP contribution in [0.2, 0.25) is 0 Å². The maximum absolute atomic E-state index is 12.6. The number of benzene rings is 2. The Hall–Kier alpha value is -3.92. The fourth-order valence-corrected chi connectivity index (χ4v) is 2.83. The highest BCUT2D eigenvalue weighted by molar-refractivity contribution is 6.00. The van der Waals surface area contributed by atoms with Crippen LogP contribution in [0.25, 0.3) is 11.1 Å². The highest BCUT2D eigenvalue weighted by Gasteiger charge is 2.17. The third-order valence-electron chi connectivity index (χ3n) is 4.09. The third kappa shape index (κ3) is 4.07. The van der Waals surface area contributed by atoms with Crippen LogP contribution in [0.5, 0.6) is 0 Å². The molecule has 0 atom stereocenters. The molecule has 28 heavy (non-hydrogen) atoms. The summed E-state index contributed by atoms with van der Waals surface area (Å²) in [6.45, 7) is 1.38. The van der Waals surface area contributed by atoms with Crippen LogP contribution in [-0.2, 0) is 16.6 Å². The summed E-state index contributed by atoms with van der Waals surface area (Å²) < 4.78 is 6.71. The first-order valence-corrected chi connectivity index (χ1v) is 8.55. The van der Waals surface area contributed by atoms with Crippen molar-refractivity contribution >= 4 is 17.7 Å². The molecule has 2 aromatic carbocycles. The Labute approximate surface area is 162 Å². The van der Waals surface area contributed by atoms with E-state index in [1.807, 2.05) is 6.92 Å². The van der Waals surface area contributed by atoms with Crippen molar-refractivity contribution in [3.05, 3.63) is 71.4 Å². The molecule has 0 unspecified atom stereocenters. The standard InChI is InChI=1S/C21H18N4O3/c1-14-11-19(25(2)24-14)23-20(26)13-28-21(27)18-10-6-5-9-17(18)16-8-4-3-7-15(16)12-22/h3-11H,13H2,1-2H3,(H,23,26). The fourth-order valence-electron chi connectivity index (χ4n) is 2.83. The molecule has 7 heteroatoms. The third-order valence-corrected chi connectivity index (χ3v) is 4.09. The molecule has 0 saturated heterocycles. The summed E-state index contributed by atoms with van der Waals surface area (Å²) >= 11 is 0. The summed E-state index contributed by atoms with van der Waals surface area (Å²) in [7, 11) is 1.71. The number of aromatic nitrogens is 2. The highest BCUT2D eigenvalue weighted by Crippen LogP contribution is 2.27. The van der Waals surface area contributed by atoms with Crippen LogP contribution in [0.4, 0.5) is 5.82 Å². The molecular formula is C21H18N4O3. The van der Waals surface area contributed by atoms with E-state index in [-0.39, 0.29) is 5.56 Å². The van der Waals surface area contributed by atoms with Gasteiger partial charge in [-0.15, -0.1) is 0 Å². The van der Waals surface area contributed by atoms with Gasteiger partial charge >= 0.3 is 5.97 Å². The molecule has 0 aliphatic rings. The molecule has 1 N–H and O–H groups in total. The lowest BCUT2D eigenvalue weighted by Gasteiger charge is -2.11. The second-order valence-corrected chi connectivity index (χ2v) is 6.12. The Kier molecular flexibility index (Phi) is 5.51. The van der Waals surface area contributed by atoms with Gasteiger partial charge < -0.3 is 10.1 Å². The molecule has 0 fully saturated rings. The lowest BCUT2D eigenvalue weighted by Crippen LogP contribution is -2.22. The number of anilines is 1. The summed E-state index contributed by atoms with van der Waals surface area (Å²) in [6, 6.07) is 17.7. The van der Waals surface area contributed by atoms with Crippen LogP contribution < -0.4 is 5.32 Å². The first-order chi connectivity index (χ1) is 13.5. The maximum Gasteiger partial charge on any atom is 0.339 e. The molecule has 3 aromatic rings. The van der Waals surface area contributed by atoms with Gasteiger partial charge in [-0.05, 0) is 24.6 Å². The second kappa shape index (κ2) is 8.18. The van der Waals surface area contributed by atoms with E-state index in [9.17, 15) is 14.9 Å². The molecule has 0 radical (unpaired) electrons. The number of nitrogens with zero attached hydrogens (tertiary/aromatic N) is 3. The average molecular weight is 374 g/mol. The number of hydrogen-bond donors (Lipinski definition) is 1. The first-order valence-electron chi connectivity index (χ1n) is 8.55. The summed E-state index contributed by atoms with van der Waals surface area (Å²) in [5, 5.41) is 16.1. The average Bonchev–Trinajstić information content (AvgIpc) is 3.02. The zero-order valence-electron chi connectivity index (χ0n) is 15.5. The summed E-state index contributed by atoms with van der Waals surface area (Å²) in [4.78, 5) is 24.7. The minimum Gasteiger partial charge on any atom is -0.452 e. The topological polar surface area (TPSA) is 97.0 Å². The van der Waals surface area contributed by atoms with Gasteiger partial charge in [0.15, 0.2) is 6.61 Å². The Morgan fingerprint density at radius 1 is 1.14 bits per heavy atom. The Bertz CT molecular complexity index is 1080. The van der Waals surface area contributed by atoms with Gasteiger partial charge in [-0.2, -0.15) is 10.4 Å². The molecule has 7 nitrogen and oxygen atoms in total. The van der Waals surface area contributed by atoms with Crippen molar-refractivity contribution in [2.45, 2.75) is 6.92 Å². The van der Waals surface area contributed by atoms with Crippen molar-refractivity contribution in [3.63, 3.8) is 0 Å². The molecule has 0 aliphatic heterocycles. The van der Waals surface area contributed by atoms with Gasteiger partial charge in [0.1, 0.15) is 5.82 Å². The molecule has 1 amide bonds. The van der Waals surface area contributed by atoms with Crippen molar-refractivity contribution in [1.29, 1.82) is 5.26 Å². The monoisotopic (exact) mass is 374 g/mol. The molecule has 140 valence electrons. The number of ether oxygens (including phenoxy) is 1. The van der Waals surface area contributed by atoms with E-state index in [4.69, 9.17) is 4.74 Å². The molecule has 1 aromatic heterocycles. The van der Waals surface area contributed by atoms with Gasteiger partial charge in [-0.3, -0.25) is 9.48 Å². The lowest BCUT2D eigenvalue weighted by molar-refractivity contribution is -0.119. The number of aryl methyl sites for hydroxylation is 2. The minimum atomic E-state index is -0.639. The summed E-state index contributed by atoms with van der Waals surface area (Å²) in [6.07, 6.45) is 0. The molecule has 0 saturated carbocycles. The number of esters is 1. The number of rotatable bonds is 5. The quantitative estimate of drug-likeness (QED) is 0.692. The molecule has 0 bridgehead atoms. The summed E-state index contributed by atoms with van der Waals surface area (Å²) in [5.41, 5.74) is 2.71. The second-order valence-electron chi connectivity index (χ2n) is 6.12. The van der Waals surface area contributed by atoms with Gasteiger partial charge in [0.25, 0.3) is 5.91 Å². The van der Waals surface area contributed by atoms with E-state index in [0.29, 0.717) is 22.5 Å². The van der Waals surface area contributed by atoms with Crippen LogP contribution in [0.3, 0.4) is 0 Å². The Morgan fingerprint density at radius 2 is 1.82 bits per heavy atom. The van der Waals surface area contributed by atoms with E-state index in [1.165, 1.54) is 4.68 Å². The van der Waals surface area contributed by atoms with Crippen LogP contribution >= 0.6 is 0 Å². The minimum absolute atomic E-state index is 0.286. The highest BCUT2D eigenvalue weighted by atomic mass is 16.5. The number of nitriles is 1. The van der Waals surface area contributed by atoms with E-state index in [2.05, 4.69) is 16.5 Å². The van der Waals surface area contributed by atoms with Gasteiger partial charge in [0, 0.05) is 18.7 Å². The predicted molar refractivity (Wildman–Crippen MR) is 103 cm³/mol. The van der Waals surface area contributed by atoms with Gasteiger partial charge in [0.2, 0.25) is 0 Å². The SMILES string of the molecule is Cc1cc(NC(=O)COC(=O)c2ccccc2-c2ccccc2C#N)n(C)n1. The van der Waals surface area contributed by atoms with Gasteiger partial charge in [0.05, 0.1) is 22.9 Å². The van der Waals surface area contributed by atoms with Crippen molar-refractivity contribution in [2.24, 2.45) is 7.05 Å². The molecule has 1 heterocycles. The molecule has 0 aliphatic carbocycles. The van der Waals surface area contributed by atoms with Gasteiger partial charge in [-0.1, -0.05) is 36.4 Å². The lowest BCUT2D eigenvalue weighted by atomic mass is 9.96. The Balaban J connectivity index is 1.74. The molecular weight excluding hydrogens is 356 g/mol. The van der Waals surface area contributed by atoms with Crippen LogP contribution in [0.15, 0.2) is 54.6 Å². The number of carbonyl (C=O) groups is 2. The fraction of sp³-hybridized carbons (Fsp3) is 0.143. The predicted octanol–water partition coefficient (Wildman–Crippen LogP) is 3.06. The summed E-state index contributed by atoms with van der Waals surface area (Å²) in [5.74, 6) is -0.590. The maximum atomic E-state index is 12.6. The number of amides is 1. The van der Waals surface area contributed by atoms with E-state index in [0.717, 1.165) is 5.69 Å². The Morgan fingerprint density at radius 3 is 2.50 bits per heavy atom. The normalized spacial score (nSPS) is 10.2.